The molecule has 0 spiro atoms. The van der Waals surface area contributed by atoms with Crippen LogP contribution in [-0.4, -0.2) is 46.5 Å². The Labute approximate surface area is 151 Å². The third kappa shape index (κ3) is 4.63. The number of hydrogen-bond acceptors (Lipinski definition) is 3. The number of nitrogens with zero attached hydrogens (tertiary/aromatic N) is 1. The quantitative estimate of drug-likeness (QED) is 0.744. The number of nitrogens with one attached hydrogen (secondary N) is 2. The highest BCUT2D eigenvalue weighted by atomic mass is 35.5. The second-order valence-corrected chi connectivity index (χ2v) is 6.74. The zero-order valence-electron chi connectivity index (χ0n) is 14.2. The summed E-state index contributed by atoms with van der Waals surface area (Å²) < 4.78 is 0. The van der Waals surface area contributed by atoms with Gasteiger partial charge < -0.3 is 20.6 Å². The van der Waals surface area contributed by atoms with Gasteiger partial charge in [0.25, 0.3) is 0 Å². The minimum atomic E-state index is -1.02. The van der Waals surface area contributed by atoms with Gasteiger partial charge in [-0.05, 0) is 30.9 Å². The van der Waals surface area contributed by atoms with Crippen molar-refractivity contribution in [1.82, 2.24) is 10.2 Å². The molecular formula is C17H22ClN3O4. The number of urea groups is 1. The molecule has 0 aromatic heterocycles. The van der Waals surface area contributed by atoms with E-state index in [-0.39, 0.29) is 11.8 Å². The number of anilines is 1. The summed E-state index contributed by atoms with van der Waals surface area (Å²) in [5, 5.41) is 14.9. The van der Waals surface area contributed by atoms with E-state index in [1.54, 1.807) is 38.1 Å². The number of benzene rings is 1. The predicted octanol–water partition coefficient (Wildman–Crippen LogP) is 2.56. The SMILES string of the molecule is CC(C)C(NC(=O)Nc1ccccc1Cl)C(=O)N1CCC[C@H]1C(=O)O. The van der Waals surface area contributed by atoms with Crippen LogP contribution in [0.5, 0.6) is 0 Å². The molecule has 1 unspecified atom stereocenters. The van der Waals surface area contributed by atoms with Crippen molar-refractivity contribution in [3.05, 3.63) is 29.3 Å². The lowest BCUT2D eigenvalue weighted by molar-refractivity contribution is -0.149. The molecule has 7 nitrogen and oxygen atoms in total. The van der Waals surface area contributed by atoms with Crippen molar-refractivity contribution in [3.8, 4) is 0 Å². The maximum atomic E-state index is 12.8. The van der Waals surface area contributed by atoms with Crippen LogP contribution in [0.15, 0.2) is 24.3 Å². The zero-order chi connectivity index (χ0) is 18.6. The van der Waals surface area contributed by atoms with E-state index in [2.05, 4.69) is 10.6 Å². The molecule has 1 aliphatic heterocycles. The van der Waals surface area contributed by atoms with Crippen molar-refractivity contribution in [2.24, 2.45) is 5.92 Å². The second kappa shape index (κ2) is 8.20. The van der Waals surface area contributed by atoms with Crippen LogP contribution >= 0.6 is 11.6 Å². The summed E-state index contributed by atoms with van der Waals surface area (Å²) in [6.07, 6.45) is 1.07. The van der Waals surface area contributed by atoms with Gasteiger partial charge in [-0.3, -0.25) is 4.79 Å². The summed E-state index contributed by atoms with van der Waals surface area (Å²) in [6, 6.07) is 4.55. The van der Waals surface area contributed by atoms with E-state index in [1.165, 1.54) is 4.90 Å². The van der Waals surface area contributed by atoms with E-state index < -0.39 is 24.1 Å². The maximum Gasteiger partial charge on any atom is 0.326 e. The first kappa shape index (κ1) is 19.1. The van der Waals surface area contributed by atoms with Crippen LogP contribution in [0.1, 0.15) is 26.7 Å². The molecule has 1 aromatic carbocycles. The van der Waals surface area contributed by atoms with E-state index in [0.717, 1.165) is 0 Å². The van der Waals surface area contributed by atoms with Crippen molar-refractivity contribution in [2.45, 2.75) is 38.8 Å². The molecule has 1 heterocycles. The summed E-state index contributed by atoms with van der Waals surface area (Å²) in [6.45, 7) is 3.97. The fourth-order valence-electron chi connectivity index (χ4n) is 2.84. The Kier molecular flexibility index (Phi) is 6.25. The van der Waals surface area contributed by atoms with Crippen molar-refractivity contribution in [3.63, 3.8) is 0 Å². The molecule has 0 aliphatic carbocycles. The molecule has 1 saturated heterocycles. The van der Waals surface area contributed by atoms with Crippen LogP contribution in [0.3, 0.4) is 0 Å². The fourth-order valence-corrected chi connectivity index (χ4v) is 3.02. The van der Waals surface area contributed by atoms with E-state index >= 15 is 0 Å². The summed E-state index contributed by atoms with van der Waals surface area (Å²) in [7, 11) is 0. The molecule has 1 fully saturated rings. The number of likely N-dealkylation sites (tertiary alicyclic amines) is 1. The maximum absolute atomic E-state index is 12.8. The standard InChI is InChI=1S/C17H22ClN3O4/c1-10(2)14(15(22)21-9-5-8-13(21)16(23)24)20-17(25)19-12-7-4-3-6-11(12)18/h3-4,6-7,10,13-14H,5,8-9H2,1-2H3,(H,23,24)(H2,19,20,25)/t13-,14?/m0/s1. The molecule has 0 radical (unpaired) electrons. The predicted molar refractivity (Wildman–Crippen MR) is 94.6 cm³/mol. The Hall–Kier alpha value is -2.28. The monoisotopic (exact) mass is 367 g/mol. The van der Waals surface area contributed by atoms with Crippen LogP contribution in [0.4, 0.5) is 10.5 Å². The Bertz CT molecular complexity index is 665. The molecule has 2 atom stereocenters. The first-order valence-corrected chi connectivity index (χ1v) is 8.54. The van der Waals surface area contributed by atoms with Crippen molar-refractivity contribution < 1.29 is 19.5 Å². The Morgan fingerprint density at radius 3 is 2.56 bits per heavy atom. The van der Waals surface area contributed by atoms with Gasteiger partial charge in [-0.25, -0.2) is 9.59 Å². The fraction of sp³-hybridized carbons (Fsp3) is 0.471. The topological polar surface area (TPSA) is 98.7 Å². The average Bonchev–Trinajstić information content (AvgIpc) is 3.04. The molecule has 2 rings (SSSR count). The van der Waals surface area contributed by atoms with Gasteiger partial charge in [0.2, 0.25) is 5.91 Å². The van der Waals surface area contributed by atoms with Crippen LogP contribution in [0.25, 0.3) is 0 Å². The lowest BCUT2D eigenvalue weighted by Gasteiger charge is -2.29. The minimum absolute atomic E-state index is 0.195. The summed E-state index contributed by atoms with van der Waals surface area (Å²) in [5.74, 6) is -1.59. The lowest BCUT2D eigenvalue weighted by atomic mass is 10.0. The highest BCUT2D eigenvalue weighted by Crippen LogP contribution is 2.22. The summed E-state index contributed by atoms with van der Waals surface area (Å²) in [4.78, 5) is 37.6. The second-order valence-electron chi connectivity index (χ2n) is 6.33. The van der Waals surface area contributed by atoms with Gasteiger partial charge in [-0.1, -0.05) is 37.6 Å². The van der Waals surface area contributed by atoms with E-state index in [4.69, 9.17) is 11.6 Å². The zero-order valence-corrected chi connectivity index (χ0v) is 14.9. The largest absolute Gasteiger partial charge is 0.480 e. The highest BCUT2D eigenvalue weighted by molar-refractivity contribution is 6.33. The number of carbonyl (C=O) groups excluding carboxylic acids is 2. The van der Waals surface area contributed by atoms with Gasteiger partial charge in [0.05, 0.1) is 10.7 Å². The van der Waals surface area contributed by atoms with Gasteiger partial charge in [-0.15, -0.1) is 0 Å². The molecule has 136 valence electrons. The number of carbonyl (C=O) groups is 3. The molecule has 1 aliphatic rings. The Morgan fingerprint density at radius 2 is 1.96 bits per heavy atom. The highest BCUT2D eigenvalue weighted by Gasteiger charge is 2.38. The number of hydrogen-bond donors (Lipinski definition) is 3. The normalized spacial score (nSPS) is 18.1. The first-order chi connectivity index (χ1) is 11.8. The van der Waals surface area contributed by atoms with Crippen LogP contribution in [0.2, 0.25) is 5.02 Å². The molecule has 25 heavy (non-hydrogen) atoms. The number of para-hydroxylation sites is 1. The number of aliphatic carboxylic acids is 1. The van der Waals surface area contributed by atoms with Crippen molar-refractivity contribution in [1.29, 1.82) is 0 Å². The van der Waals surface area contributed by atoms with Crippen LogP contribution in [-0.2, 0) is 9.59 Å². The van der Waals surface area contributed by atoms with E-state index in [1.807, 2.05) is 0 Å². The average molecular weight is 368 g/mol. The third-order valence-corrected chi connectivity index (χ3v) is 4.49. The summed E-state index contributed by atoms with van der Waals surface area (Å²) >= 11 is 6.00. The first-order valence-electron chi connectivity index (χ1n) is 8.16. The number of amides is 3. The number of halogens is 1. The summed E-state index contributed by atoms with van der Waals surface area (Å²) in [5.41, 5.74) is 0.432. The van der Waals surface area contributed by atoms with Crippen LogP contribution in [0, 0.1) is 5.92 Å². The van der Waals surface area contributed by atoms with Gasteiger partial charge in [0.1, 0.15) is 12.1 Å². The molecule has 8 heteroatoms. The number of carboxylic acid groups (broad SMARTS) is 1. The van der Waals surface area contributed by atoms with Crippen molar-refractivity contribution >= 4 is 35.2 Å². The van der Waals surface area contributed by atoms with Gasteiger partial charge >= 0.3 is 12.0 Å². The molecule has 0 saturated carbocycles. The molecule has 3 N–H and O–H groups in total. The minimum Gasteiger partial charge on any atom is -0.480 e. The third-order valence-electron chi connectivity index (χ3n) is 4.16. The van der Waals surface area contributed by atoms with Crippen LogP contribution < -0.4 is 10.6 Å². The van der Waals surface area contributed by atoms with E-state index in [0.29, 0.717) is 30.1 Å². The molecule has 0 bridgehead atoms. The Morgan fingerprint density at radius 1 is 1.28 bits per heavy atom. The number of carboxylic acids is 1. The Balaban J connectivity index is 2.07. The molecule has 3 amide bonds. The van der Waals surface area contributed by atoms with Gasteiger partial charge in [0, 0.05) is 6.54 Å². The molecule has 1 aromatic rings. The number of rotatable bonds is 5. The smallest absolute Gasteiger partial charge is 0.326 e. The lowest BCUT2D eigenvalue weighted by Crippen LogP contribution is -2.54. The van der Waals surface area contributed by atoms with E-state index in [9.17, 15) is 19.5 Å². The molecular weight excluding hydrogens is 346 g/mol. The van der Waals surface area contributed by atoms with Crippen molar-refractivity contribution in [2.75, 3.05) is 11.9 Å². The van der Waals surface area contributed by atoms with Gasteiger partial charge in [-0.2, -0.15) is 0 Å². The van der Waals surface area contributed by atoms with Gasteiger partial charge in [0.15, 0.2) is 0 Å².